The van der Waals surface area contributed by atoms with Crippen LogP contribution in [0.2, 0.25) is 0 Å². The van der Waals surface area contributed by atoms with Gasteiger partial charge < -0.3 is 5.11 Å². The highest BCUT2D eigenvalue weighted by atomic mass is 16.3. The number of nitrogens with zero attached hydrogens (tertiary/aromatic N) is 2. The van der Waals surface area contributed by atoms with Gasteiger partial charge in [0.05, 0.1) is 6.04 Å². The average molecular weight is 417 g/mol. The van der Waals surface area contributed by atoms with E-state index >= 15 is 0 Å². The molecule has 1 N–H and O–H groups in total. The largest absolute Gasteiger partial charge is 0.365 e. The lowest BCUT2D eigenvalue weighted by molar-refractivity contribution is -0.0269. The van der Waals surface area contributed by atoms with Gasteiger partial charge in [-0.15, -0.1) is 0 Å². The van der Waals surface area contributed by atoms with Gasteiger partial charge in [0, 0.05) is 17.0 Å². The van der Waals surface area contributed by atoms with Gasteiger partial charge >= 0.3 is 6.03 Å². The number of urea groups is 1. The van der Waals surface area contributed by atoms with Crippen molar-refractivity contribution in [1.29, 1.82) is 0 Å². The number of rotatable bonds is 11. The molecule has 0 saturated carbocycles. The summed E-state index contributed by atoms with van der Waals surface area (Å²) in [5.74, 6) is 0. The molecular formula is C27H32N2O2. The van der Waals surface area contributed by atoms with Crippen LogP contribution < -0.4 is 0 Å². The zero-order chi connectivity index (χ0) is 23.4. The Balaban J connectivity index is 3.91. The normalized spacial score (nSPS) is 23.3. The van der Waals surface area contributed by atoms with Crippen LogP contribution in [0.1, 0.15) is 13.8 Å². The molecule has 0 spiro atoms. The van der Waals surface area contributed by atoms with Crippen LogP contribution in [0.4, 0.5) is 4.79 Å². The number of hydrogen-bond donors (Lipinski definition) is 1. The van der Waals surface area contributed by atoms with Crippen LogP contribution in [-0.2, 0) is 0 Å². The fourth-order valence-electron chi connectivity index (χ4n) is 3.33. The first kappa shape index (κ1) is 25.4. The van der Waals surface area contributed by atoms with E-state index in [2.05, 4.69) is 32.9 Å². The Kier molecular flexibility index (Phi) is 9.96. The summed E-state index contributed by atoms with van der Waals surface area (Å²) in [6.07, 6.45) is 23.5. The summed E-state index contributed by atoms with van der Waals surface area (Å²) in [7, 11) is 0. The minimum atomic E-state index is -1.71. The second kappa shape index (κ2) is 12.2. The molecule has 31 heavy (non-hydrogen) atoms. The fraction of sp³-hybridized carbons (Fsp3) is 0.148. The minimum Gasteiger partial charge on any atom is -0.365 e. The average Bonchev–Trinajstić information content (AvgIpc) is 2.95. The van der Waals surface area contributed by atoms with Crippen LogP contribution >= 0.6 is 0 Å². The highest BCUT2D eigenvalue weighted by Crippen LogP contribution is 2.42. The van der Waals surface area contributed by atoms with E-state index in [0.717, 1.165) is 0 Å². The maximum Gasteiger partial charge on any atom is 0.332 e. The SMILES string of the molecule is C=C/C=C\C(=C/C=C)N1C(=O)N(C(/C=C\C=C)=C/C=C)C(O)(/C(C=C)=C/C=C\C)C1C. The molecule has 2 atom stereocenters. The molecule has 1 saturated heterocycles. The summed E-state index contributed by atoms with van der Waals surface area (Å²) in [6, 6.07) is -1.08. The van der Waals surface area contributed by atoms with Gasteiger partial charge in [0.15, 0.2) is 5.72 Å². The molecule has 0 bridgehead atoms. The van der Waals surface area contributed by atoms with Crippen molar-refractivity contribution in [2.75, 3.05) is 0 Å². The zero-order valence-corrected chi connectivity index (χ0v) is 18.4. The molecule has 1 fully saturated rings. The third-order valence-electron chi connectivity index (χ3n) is 4.74. The molecule has 0 radical (unpaired) electrons. The maximum atomic E-state index is 13.7. The van der Waals surface area contributed by atoms with Gasteiger partial charge in [-0.25, -0.2) is 4.79 Å². The predicted molar refractivity (Wildman–Crippen MR) is 132 cm³/mol. The fourth-order valence-corrected chi connectivity index (χ4v) is 3.33. The quantitative estimate of drug-likeness (QED) is 0.413. The molecule has 1 heterocycles. The molecule has 0 aromatic rings. The molecule has 162 valence electrons. The van der Waals surface area contributed by atoms with Crippen LogP contribution in [0, 0.1) is 0 Å². The molecule has 4 heteroatoms. The Hall–Kier alpha value is -3.63. The smallest absolute Gasteiger partial charge is 0.332 e. The van der Waals surface area contributed by atoms with Crippen LogP contribution in [-0.4, -0.2) is 32.7 Å². The minimum absolute atomic E-state index is 0.410. The second-order valence-electron chi connectivity index (χ2n) is 6.59. The van der Waals surface area contributed by atoms with Crippen molar-refractivity contribution in [1.82, 2.24) is 9.80 Å². The summed E-state index contributed by atoms with van der Waals surface area (Å²) in [6.45, 7) is 22.4. The zero-order valence-electron chi connectivity index (χ0n) is 18.4. The first-order chi connectivity index (χ1) is 14.9. The summed E-state index contributed by atoms with van der Waals surface area (Å²) >= 11 is 0. The van der Waals surface area contributed by atoms with Crippen molar-refractivity contribution in [2.45, 2.75) is 25.6 Å². The Bertz CT molecular complexity index is 912. The van der Waals surface area contributed by atoms with Crippen LogP contribution in [0.25, 0.3) is 0 Å². The summed E-state index contributed by atoms with van der Waals surface area (Å²) in [4.78, 5) is 16.6. The van der Waals surface area contributed by atoms with E-state index < -0.39 is 17.8 Å². The first-order valence-corrected chi connectivity index (χ1v) is 9.94. The molecule has 1 rings (SSSR count). The molecule has 2 amide bonds. The maximum absolute atomic E-state index is 13.7. The van der Waals surface area contributed by atoms with Gasteiger partial charge in [-0.1, -0.05) is 93.7 Å². The first-order valence-electron chi connectivity index (χ1n) is 9.94. The van der Waals surface area contributed by atoms with Crippen molar-refractivity contribution in [3.05, 3.63) is 135 Å². The number of aliphatic hydroxyl groups is 1. The number of carbonyl (C=O) groups is 1. The van der Waals surface area contributed by atoms with Gasteiger partial charge in [0.2, 0.25) is 0 Å². The van der Waals surface area contributed by atoms with E-state index in [1.54, 1.807) is 85.9 Å². The number of carbonyl (C=O) groups excluding carboxylic acids is 1. The molecule has 0 aliphatic carbocycles. The number of hydrogen-bond acceptors (Lipinski definition) is 2. The summed E-state index contributed by atoms with van der Waals surface area (Å²) in [5, 5.41) is 12.0. The molecule has 0 aromatic carbocycles. The standard InChI is InChI=1S/C27H32N2O2/c1-8-14-19-23(13-6)27(31)22(7)28(24(17-11-4)20-15-9-2)26(30)29(27)25(18-12-5)21-16-10-3/h8-22,31H,2-6H2,1,7H3/b14-8-,20-15-,21-16-,23-19+,24-17+,25-18+. The third kappa shape index (κ3) is 5.30. The topological polar surface area (TPSA) is 43.8 Å². The van der Waals surface area contributed by atoms with Crippen molar-refractivity contribution in [2.24, 2.45) is 0 Å². The molecule has 1 aliphatic heterocycles. The summed E-state index contributed by atoms with van der Waals surface area (Å²) < 4.78 is 0. The highest BCUT2D eigenvalue weighted by Gasteiger charge is 2.57. The lowest BCUT2D eigenvalue weighted by Gasteiger charge is -2.36. The van der Waals surface area contributed by atoms with Gasteiger partial charge in [-0.05, 0) is 38.2 Å². The van der Waals surface area contributed by atoms with E-state index in [1.165, 1.54) is 9.80 Å². The highest BCUT2D eigenvalue weighted by molar-refractivity contribution is 5.85. The number of allylic oxidation sites excluding steroid dienone is 13. The molecule has 1 aliphatic rings. The lowest BCUT2D eigenvalue weighted by Crippen LogP contribution is -2.51. The third-order valence-corrected chi connectivity index (χ3v) is 4.74. The van der Waals surface area contributed by atoms with Gasteiger partial charge in [0.1, 0.15) is 0 Å². The van der Waals surface area contributed by atoms with E-state index in [9.17, 15) is 9.90 Å². The molecular weight excluding hydrogens is 384 g/mol. The van der Waals surface area contributed by atoms with Crippen LogP contribution in [0.5, 0.6) is 0 Å². The van der Waals surface area contributed by atoms with Gasteiger partial charge in [-0.3, -0.25) is 9.80 Å². The predicted octanol–water partition coefficient (Wildman–Crippen LogP) is 6.11. The van der Waals surface area contributed by atoms with E-state index in [1.807, 2.05) is 13.0 Å². The monoisotopic (exact) mass is 416 g/mol. The Morgan fingerprint density at radius 2 is 1.45 bits per heavy atom. The van der Waals surface area contributed by atoms with Crippen molar-refractivity contribution < 1.29 is 9.90 Å². The lowest BCUT2D eigenvalue weighted by atomic mass is 9.93. The van der Waals surface area contributed by atoms with Crippen LogP contribution in [0.3, 0.4) is 0 Å². The summed E-state index contributed by atoms with van der Waals surface area (Å²) in [5.41, 5.74) is -0.216. The van der Waals surface area contributed by atoms with E-state index in [0.29, 0.717) is 17.0 Å². The molecule has 4 nitrogen and oxygen atoms in total. The Morgan fingerprint density at radius 3 is 1.94 bits per heavy atom. The van der Waals surface area contributed by atoms with Gasteiger partial charge in [-0.2, -0.15) is 0 Å². The number of amides is 2. The molecule has 2 unspecified atom stereocenters. The molecule has 0 aromatic heterocycles. The second-order valence-corrected chi connectivity index (χ2v) is 6.59. The van der Waals surface area contributed by atoms with Gasteiger partial charge in [0.25, 0.3) is 0 Å². The Labute approximate surface area is 186 Å². The van der Waals surface area contributed by atoms with Crippen LogP contribution in [0.15, 0.2) is 135 Å². The van der Waals surface area contributed by atoms with E-state index in [4.69, 9.17) is 0 Å². The van der Waals surface area contributed by atoms with Crippen molar-refractivity contribution in [3.8, 4) is 0 Å². The van der Waals surface area contributed by atoms with Crippen molar-refractivity contribution >= 4 is 6.03 Å². The Morgan fingerprint density at radius 1 is 0.903 bits per heavy atom. The van der Waals surface area contributed by atoms with E-state index in [-0.39, 0.29) is 0 Å². The van der Waals surface area contributed by atoms with Crippen molar-refractivity contribution in [3.63, 3.8) is 0 Å².